The predicted molar refractivity (Wildman–Crippen MR) is 173 cm³/mol. The van der Waals surface area contributed by atoms with Gasteiger partial charge in [-0.3, -0.25) is 9.69 Å². The zero-order valence-electron chi connectivity index (χ0n) is 24.0. The van der Waals surface area contributed by atoms with Gasteiger partial charge in [0, 0.05) is 60.0 Å². The lowest BCUT2D eigenvalue weighted by Crippen LogP contribution is -2.48. The molecule has 0 saturated carbocycles. The van der Waals surface area contributed by atoms with Crippen molar-refractivity contribution < 1.29 is 14.3 Å². The van der Waals surface area contributed by atoms with Crippen molar-refractivity contribution in [2.24, 2.45) is 0 Å². The quantitative estimate of drug-likeness (QED) is 0.173. The molecule has 0 radical (unpaired) electrons. The molecule has 2 heterocycles. The van der Waals surface area contributed by atoms with E-state index >= 15 is 0 Å². The number of nitrogens with zero attached hydrogens (tertiary/aromatic N) is 3. The molecule has 4 aromatic rings. The van der Waals surface area contributed by atoms with Crippen molar-refractivity contribution in [1.82, 2.24) is 14.8 Å². The smallest absolute Gasteiger partial charge is 0.249 e. The molecule has 5 rings (SSSR count). The molecule has 0 aliphatic carbocycles. The average Bonchev–Trinajstić information content (AvgIpc) is 3.00. The maximum absolute atomic E-state index is 13.2. The van der Waals surface area contributed by atoms with E-state index in [-0.39, 0.29) is 5.91 Å². The zero-order chi connectivity index (χ0) is 30.3. The molecule has 0 spiro atoms. The monoisotopic (exact) mass is 635 g/mol. The highest BCUT2D eigenvalue weighted by atomic mass is 35.5. The summed E-state index contributed by atoms with van der Waals surface area (Å²) >= 11 is 18.8. The van der Waals surface area contributed by atoms with Crippen molar-refractivity contribution in [2.45, 2.75) is 27.0 Å². The minimum atomic E-state index is 0.0290. The second-order valence-electron chi connectivity index (χ2n) is 10.5. The van der Waals surface area contributed by atoms with E-state index in [4.69, 9.17) is 44.3 Å². The van der Waals surface area contributed by atoms with E-state index < -0.39 is 0 Å². The molecular formula is C34H32Cl3N3O3. The number of carbonyl (C=O) groups is 1. The van der Waals surface area contributed by atoms with E-state index in [1.807, 2.05) is 79.4 Å². The number of halogens is 3. The van der Waals surface area contributed by atoms with Crippen molar-refractivity contribution in [2.75, 3.05) is 26.2 Å². The van der Waals surface area contributed by atoms with Crippen LogP contribution in [0.2, 0.25) is 15.1 Å². The minimum absolute atomic E-state index is 0.0290. The first kappa shape index (κ1) is 30.9. The SMILES string of the molecule is CC(=Cc1cc(C)c(Oc2ccc(OCc3ccccc3Cl)cn2)c(Cl)c1)C(=O)N1CCN(Cc2ccc(Cl)cc2)CC1. The van der Waals surface area contributed by atoms with Gasteiger partial charge in [-0.05, 0) is 73.0 Å². The summed E-state index contributed by atoms with van der Waals surface area (Å²) in [4.78, 5) is 21.8. The molecule has 1 aromatic heterocycles. The maximum atomic E-state index is 13.2. The summed E-state index contributed by atoms with van der Waals surface area (Å²) in [6.07, 6.45) is 3.47. The van der Waals surface area contributed by atoms with Gasteiger partial charge < -0.3 is 14.4 Å². The third-order valence-electron chi connectivity index (χ3n) is 7.22. The van der Waals surface area contributed by atoms with E-state index in [1.165, 1.54) is 5.56 Å². The van der Waals surface area contributed by atoms with Crippen molar-refractivity contribution in [3.05, 3.63) is 122 Å². The molecule has 43 heavy (non-hydrogen) atoms. The van der Waals surface area contributed by atoms with Gasteiger partial charge in [0.05, 0.1) is 11.2 Å². The minimum Gasteiger partial charge on any atom is -0.487 e. The molecule has 9 heteroatoms. The molecule has 3 aromatic carbocycles. The summed E-state index contributed by atoms with van der Waals surface area (Å²) in [5.74, 6) is 1.52. The van der Waals surface area contributed by atoms with Crippen LogP contribution in [0.15, 0.2) is 84.6 Å². The Morgan fingerprint density at radius 2 is 1.67 bits per heavy atom. The Morgan fingerprint density at radius 1 is 0.930 bits per heavy atom. The molecule has 1 amide bonds. The third-order valence-corrected chi connectivity index (χ3v) is 8.12. The number of aromatic nitrogens is 1. The van der Waals surface area contributed by atoms with Gasteiger partial charge in [-0.15, -0.1) is 0 Å². The van der Waals surface area contributed by atoms with Crippen molar-refractivity contribution >= 4 is 46.8 Å². The standard InChI is InChI=1S/C34H32Cl3N3O3/c1-23-17-26(18-24(2)34(41)40-15-13-39(14-16-40)21-25-7-9-28(35)10-8-25)19-31(37)33(23)43-32-12-11-29(20-38-32)42-22-27-5-3-4-6-30(27)36/h3-12,17-20H,13-16,21-22H2,1-2H3. The molecule has 1 fully saturated rings. The van der Waals surface area contributed by atoms with Gasteiger partial charge in [0.2, 0.25) is 11.8 Å². The normalized spacial score (nSPS) is 14.1. The summed E-state index contributed by atoms with van der Waals surface area (Å²) in [5, 5.41) is 1.82. The highest BCUT2D eigenvalue weighted by Crippen LogP contribution is 2.34. The maximum Gasteiger partial charge on any atom is 0.249 e. The third kappa shape index (κ3) is 8.30. The van der Waals surface area contributed by atoms with E-state index in [2.05, 4.69) is 9.88 Å². The summed E-state index contributed by atoms with van der Waals surface area (Å²) in [5.41, 5.74) is 4.43. The highest BCUT2D eigenvalue weighted by Gasteiger charge is 2.22. The predicted octanol–water partition coefficient (Wildman–Crippen LogP) is 8.47. The summed E-state index contributed by atoms with van der Waals surface area (Å²) in [6, 6.07) is 22.7. The number of amides is 1. The summed E-state index contributed by atoms with van der Waals surface area (Å²) in [7, 11) is 0. The van der Waals surface area contributed by atoms with E-state index in [0.717, 1.165) is 41.3 Å². The second-order valence-corrected chi connectivity index (χ2v) is 11.7. The van der Waals surface area contributed by atoms with Crippen LogP contribution in [-0.4, -0.2) is 46.9 Å². The fourth-order valence-corrected chi connectivity index (χ4v) is 5.51. The molecule has 1 aliphatic rings. The van der Waals surface area contributed by atoms with Gasteiger partial charge in [-0.2, -0.15) is 0 Å². The van der Waals surface area contributed by atoms with Gasteiger partial charge in [-0.25, -0.2) is 4.98 Å². The van der Waals surface area contributed by atoms with Gasteiger partial charge in [0.1, 0.15) is 12.4 Å². The number of carbonyl (C=O) groups excluding carboxylic acids is 1. The van der Waals surface area contributed by atoms with Gasteiger partial charge in [-0.1, -0.05) is 65.1 Å². The topological polar surface area (TPSA) is 54.9 Å². The van der Waals surface area contributed by atoms with Crippen LogP contribution in [0.5, 0.6) is 17.4 Å². The number of hydrogen-bond acceptors (Lipinski definition) is 5. The lowest BCUT2D eigenvalue weighted by Gasteiger charge is -2.35. The van der Waals surface area contributed by atoms with Crippen LogP contribution in [0, 0.1) is 6.92 Å². The number of pyridine rings is 1. The van der Waals surface area contributed by atoms with E-state index in [9.17, 15) is 4.79 Å². The van der Waals surface area contributed by atoms with Gasteiger partial charge >= 0.3 is 0 Å². The van der Waals surface area contributed by atoms with Crippen LogP contribution >= 0.6 is 34.8 Å². The molecule has 222 valence electrons. The Morgan fingerprint density at radius 3 is 2.35 bits per heavy atom. The van der Waals surface area contributed by atoms with E-state index in [1.54, 1.807) is 24.4 Å². The number of rotatable bonds is 9. The summed E-state index contributed by atoms with van der Waals surface area (Å²) < 4.78 is 11.8. The van der Waals surface area contributed by atoms with Crippen LogP contribution in [0.3, 0.4) is 0 Å². The van der Waals surface area contributed by atoms with Crippen LogP contribution < -0.4 is 9.47 Å². The molecule has 6 nitrogen and oxygen atoms in total. The molecule has 0 atom stereocenters. The first-order valence-electron chi connectivity index (χ1n) is 14.0. The largest absolute Gasteiger partial charge is 0.487 e. The molecule has 0 N–H and O–H groups in total. The fourth-order valence-electron chi connectivity index (χ4n) is 4.88. The second kappa shape index (κ2) is 14.3. The molecular weight excluding hydrogens is 605 g/mol. The lowest BCUT2D eigenvalue weighted by molar-refractivity contribution is -0.128. The Hall–Kier alpha value is -3.55. The highest BCUT2D eigenvalue weighted by molar-refractivity contribution is 6.32. The number of ether oxygens (including phenoxy) is 2. The summed E-state index contributed by atoms with van der Waals surface area (Å²) in [6.45, 7) is 7.94. The Labute approximate surface area is 267 Å². The first-order chi connectivity index (χ1) is 20.7. The van der Waals surface area contributed by atoms with Crippen molar-refractivity contribution in [1.29, 1.82) is 0 Å². The Balaban J connectivity index is 1.16. The molecule has 1 saturated heterocycles. The Kier molecular flexibility index (Phi) is 10.3. The van der Waals surface area contributed by atoms with Crippen molar-refractivity contribution in [3.63, 3.8) is 0 Å². The van der Waals surface area contributed by atoms with Crippen LogP contribution in [0.4, 0.5) is 0 Å². The van der Waals surface area contributed by atoms with Gasteiger partial charge in [0.15, 0.2) is 5.75 Å². The van der Waals surface area contributed by atoms with Crippen molar-refractivity contribution in [3.8, 4) is 17.4 Å². The van der Waals surface area contributed by atoms with Crippen LogP contribution in [0.25, 0.3) is 6.08 Å². The molecule has 0 bridgehead atoms. The number of aryl methyl sites for hydroxylation is 1. The zero-order valence-corrected chi connectivity index (χ0v) is 26.3. The van der Waals surface area contributed by atoms with Gasteiger partial charge in [0.25, 0.3) is 0 Å². The lowest BCUT2D eigenvalue weighted by atomic mass is 10.1. The van der Waals surface area contributed by atoms with E-state index in [0.29, 0.717) is 52.7 Å². The Bertz CT molecular complexity index is 1580. The molecule has 1 aliphatic heterocycles. The average molecular weight is 637 g/mol. The molecule has 0 unspecified atom stereocenters. The fraction of sp³-hybridized carbons (Fsp3) is 0.235. The van der Waals surface area contributed by atoms with Crippen LogP contribution in [-0.2, 0) is 17.9 Å². The number of piperazine rings is 1. The number of hydrogen-bond donors (Lipinski definition) is 0. The first-order valence-corrected chi connectivity index (χ1v) is 15.1. The number of benzene rings is 3. The van der Waals surface area contributed by atoms with Crippen LogP contribution in [0.1, 0.15) is 29.2 Å².